The summed E-state index contributed by atoms with van der Waals surface area (Å²) >= 11 is 0. The van der Waals surface area contributed by atoms with Crippen molar-refractivity contribution in [3.8, 4) is 5.75 Å². The van der Waals surface area contributed by atoms with E-state index in [4.69, 9.17) is 4.74 Å². The average molecular weight is 376 g/mol. The third-order valence-corrected chi connectivity index (χ3v) is 5.24. The number of carboxylic acids is 1. The highest BCUT2D eigenvalue weighted by molar-refractivity contribution is 7.89. The molecular weight excluding hydrogens is 360 g/mol. The summed E-state index contributed by atoms with van der Waals surface area (Å²) in [7, 11) is -4.11. The van der Waals surface area contributed by atoms with Gasteiger partial charge in [0.05, 0.1) is 10.6 Å². The maximum absolute atomic E-state index is 12.6. The van der Waals surface area contributed by atoms with Crippen molar-refractivity contribution in [2.45, 2.75) is 17.4 Å². The van der Waals surface area contributed by atoms with Crippen molar-refractivity contribution in [3.63, 3.8) is 0 Å². The second kappa shape index (κ2) is 7.14. The van der Waals surface area contributed by atoms with Crippen LogP contribution in [0.1, 0.15) is 5.56 Å². The topological polar surface area (TPSA) is 122 Å². The number of rotatable bonds is 6. The second-order valence-electron chi connectivity index (χ2n) is 5.70. The predicted octanol–water partition coefficient (Wildman–Crippen LogP) is 0.992. The number of hydrogen-bond acceptors (Lipinski definition) is 5. The molecule has 0 fully saturated rings. The van der Waals surface area contributed by atoms with Crippen LogP contribution >= 0.6 is 0 Å². The molecule has 2 aromatic rings. The van der Waals surface area contributed by atoms with E-state index in [1.807, 2.05) is 0 Å². The van der Waals surface area contributed by atoms with E-state index in [-0.39, 0.29) is 23.6 Å². The highest BCUT2D eigenvalue weighted by Gasteiger charge is 2.27. The molecule has 0 bridgehead atoms. The molecule has 0 aromatic heterocycles. The minimum atomic E-state index is -4.11. The summed E-state index contributed by atoms with van der Waals surface area (Å²) in [6.45, 7) is -0.143. The minimum absolute atomic E-state index is 0.000190. The second-order valence-corrected chi connectivity index (χ2v) is 7.41. The van der Waals surface area contributed by atoms with Crippen molar-refractivity contribution in [1.29, 1.82) is 0 Å². The highest BCUT2D eigenvalue weighted by Crippen LogP contribution is 2.30. The molecule has 3 rings (SSSR count). The number of amides is 1. The molecule has 26 heavy (non-hydrogen) atoms. The van der Waals surface area contributed by atoms with Crippen LogP contribution in [0.4, 0.5) is 5.69 Å². The Morgan fingerprint density at radius 3 is 2.65 bits per heavy atom. The van der Waals surface area contributed by atoms with Crippen LogP contribution < -0.4 is 14.8 Å². The third-order valence-electron chi connectivity index (χ3n) is 3.77. The molecule has 0 aliphatic carbocycles. The van der Waals surface area contributed by atoms with Gasteiger partial charge in [-0.1, -0.05) is 30.3 Å². The van der Waals surface area contributed by atoms with Crippen molar-refractivity contribution in [2.75, 3.05) is 11.9 Å². The molecule has 0 radical (unpaired) electrons. The van der Waals surface area contributed by atoms with Crippen molar-refractivity contribution in [3.05, 3.63) is 54.1 Å². The van der Waals surface area contributed by atoms with Crippen molar-refractivity contribution >= 4 is 27.6 Å². The van der Waals surface area contributed by atoms with Crippen LogP contribution in [0.3, 0.4) is 0 Å². The first-order chi connectivity index (χ1) is 12.3. The van der Waals surface area contributed by atoms with E-state index in [0.29, 0.717) is 11.3 Å². The fourth-order valence-electron chi connectivity index (χ4n) is 2.51. The number of benzene rings is 2. The van der Waals surface area contributed by atoms with Gasteiger partial charge in [0.25, 0.3) is 5.91 Å². The first-order valence-electron chi connectivity index (χ1n) is 7.71. The summed E-state index contributed by atoms with van der Waals surface area (Å²) in [5.41, 5.74) is 0.910. The molecule has 0 saturated carbocycles. The largest absolute Gasteiger partial charge is 0.482 e. The van der Waals surface area contributed by atoms with E-state index in [1.54, 1.807) is 30.3 Å². The number of sulfonamides is 1. The molecule has 1 amide bonds. The first-order valence-corrected chi connectivity index (χ1v) is 9.19. The van der Waals surface area contributed by atoms with E-state index in [0.717, 1.165) is 0 Å². The summed E-state index contributed by atoms with van der Waals surface area (Å²) < 4.78 is 32.5. The van der Waals surface area contributed by atoms with Crippen LogP contribution in [0, 0.1) is 0 Å². The minimum Gasteiger partial charge on any atom is -0.482 e. The van der Waals surface area contributed by atoms with Gasteiger partial charge in [-0.3, -0.25) is 9.59 Å². The van der Waals surface area contributed by atoms with Gasteiger partial charge < -0.3 is 15.2 Å². The molecule has 3 N–H and O–H groups in total. The molecule has 0 saturated heterocycles. The van der Waals surface area contributed by atoms with Gasteiger partial charge >= 0.3 is 5.97 Å². The van der Waals surface area contributed by atoms with Crippen LogP contribution in [-0.2, 0) is 26.0 Å². The van der Waals surface area contributed by atoms with Gasteiger partial charge in [0.1, 0.15) is 11.8 Å². The molecule has 1 aliphatic heterocycles. The molecule has 1 heterocycles. The molecule has 136 valence electrons. The predicted molar refractivity (Wildman–Crippen MR) is 92.5 cm³/mol. The number of nitrogens with one attached hydrogen (secondary N) is 2. The van der Waals surface area contributed by atoms with Gasteiger partial charge in [-0.25, -0.2) is 8.42 Å². The van der Waals surface area contributed by atoms with E-state index in [9.17, 15) is 23.1 Å². The van der Waals surface area contributed by atoms with E-state index >= 15 is 0 Å². The number of aliphatic carboxylic acids is 1. The zero-order valence-electron chi connectivity index (χ0n) is 13.5. The Hall–Kier alpha value is -2.91. The number of carbonyl (C=O) groups excluding carboxylic acids is 1. The average Bonchev–Trinajstić information content (AvgIpc) is 2.61. The fourth-order valence-corrected chi connectivity index (χ4v) is 3.73. The maximum atomic E-state index is 12.6. The number of hydrogen-bond donors (Lipinski definition) is 3. The van der Waals surface area contributed by atoms with Gasteiger partial charge in [-0.05, 0) is 30.2 Å². The molecule has 1 atom stereocenters. The van der Waals surface area contributed by atoms with Gasteiger partial charge in [-0.15, -0.1) is 0 Å². The van der Waals surface area contributed by atoms with E-state index < -0.39 is 27.9 Å². The number of anilines is 1. The van der Waals surface area contributed by atoms with Crippen LogP contribution in [0.5, 0.6) is 5.75 Å². The van der Waals surface area contributed by atoms with Gasteiger partial charge in [0, 0.05) is 0 Å². The molecular formula is C17H16N2O6S. The Kier molecular flexibility index (Phi) is 4.92. The van der Waals surface area contributed by atoms with E-state index in [1.165, 1.54) is 18.2 Å². The molecule has 0 unspecified atom stereocenters. The summed E-state index contributed by atoms with van der Waals surface area (Å²) in [5, 5.41) is 11.9. The lowest BCUT2D eigenvalue weighted by Crippen LogP contribution is -2.42. The Morgan fingerprint density at radius 2 is 1.96 bits per heavy atom. The number of carboxylic acid groups (broad SMARTS) is 1. The van der Waals surface area contributed by atoms with Crippen LogP contribution in [0.25, 0.3) is 0 Å². The zero-order chi connectivity index (χ0) is 18.7. The smallest absolute Gasteiger partial charge is 0.322 e. The Balaban J connectivity index is 1.83. The maximum Gasteiger partial charge on any atom is 0.322 e. The molecule has 1 aliphatic rings. The lowest BCUT2D eigenvalue weighted by molar-refractivity contribution is -0.138. The summed E-state index contributed by atoms with van der Waals surface area (Å²) in [5.74, 6) is -1.33. The van der Waals surface area contributed by atoms with Gasteiger partial charge in [-0.2, -0.15) is 4.72 Å². The summed E-state index contributed by atoms with van der Waals surface area (Å²) in [6.07, 6.45) is 0.000190. The SMILES string of the molecule is O=C1COc2ccc(S(=O)(=O)N[C@@H](Cc3ccccc3)C(=O)O)cc2N1. The number of ether oxygens (including phenoxy) is 1. The Labute approximate surface area is 149 Å². The third kappa shape index (κ3) is 4.01. The normalized spacial score (nSPS) is 14.7. The summed E-state index contributed by atoms with van der Waals surface area (Å²) in [4.78, 5) is 22.7. The van der Waals surface area contributed by atoms with E-state index in [2.05, 4.69) is 10.0 Å². The first kappa shape index (κ1) is 17.9. The van der Waals surface area contributed by atoms with Crippen LogP contribution in [0.2, 0.25) is 0 Å². The number of fused-ring (bicyclic) bond motifs is 1. The lowest BCUT2D eigenvalue weighted by Gasteiger charge is -2.19. The molecule has 8 nitrogen and oxygen atoms in total. The molecule has 0 spiro atoms. The number of carbonyl (C=O) groups is 2. The van der Waals surface area contributed by atoms with Crippen molar-refractivity contribution in [2.24, 2.45) is 0 Å². The van der Waals surface area contributed by atoms with Crippen molar-refractivity contribution in [1.82, 2.24) is 4.72 Å². The Morgan fingerprint density at radius 1 is 1.23 bits per heavy atom. The standard InChI is InChI=1S/C17H16N2O6S/c20-16-10-25-15-7-6-12(9-13(15)18-16)26(23,24)19-14(17(21)22)8-11-4-2-1-3-5-11/h1-7,9,14,19H,8,10H2,(H,18,20)(H,21,22)/t14-/m0/s1. The highest BCUT2D eigenvalue weighted by atomic mass is 32.2. The van der Waals surface area contributed by atoms with Gasteiger partial charge in [0.15, 0.2) is 6.61 Å². The quantitative estimate of drug-likeness (QED) is 0.691. The fraction of sp³-hybridized carbons (Fsp3) is 0.176. The monoisotopic (exact) mass is 376 g/mol. The summed E-state index contributed by atoms with van der Waals surface area (Å²) in [6, 6.07) is 11.3. The molecule has 2 aromatic carbocycles. The van der Waals surface area contributed by atoms with Gasteiger partial charge in [0.2, 0.25) is 10.0 Å². The van der Waals surface area contributed by atoms with Crippen molar-refractivity contribution < 1.29 is 27.9 Å². The van der Waals surface area contributed by atoms with Crippen LogP contribution in [-0.4, -0.2) is 38.0 Å². The Bertz CT molecular complexity index is 943. The lowest BCUT2D eigenvalue weighted by atomic mass is 10.1. The molecule has 9 heteroatoms. The zero-order valence-corrected chi connectivity index (χ0v) is 14.3. The van der Waals surface area contributed by atoms with Crippen LogP contribution in [0.15, 0.2) is 53.4 Å².